The zero-order valence-electron chi connectivity index (χ0n) is 9.05. The van der Waals surface area contributed by atoms with E-state index in [1.165, 1.54) is 0 Å². The highest BCUT2D eigenvalue weighted by atomic mass is 19.4. The highest BCUT2D eigenvalue weighted by Gasteiger charge is 2.27. The summed E-state index contributed by atoms with van der Waals surface area (Å²) in [4.78, 5) is 10.6. The molecule has 0 unspecified atom stereocenters. The van der Waals surface area contributed by atoms with Gasteiger partial charge in [0, 0.05) is 6.07 Å². The van der Waals surface area contributed by atoms with Crippen LogP contribution in [-0.2, 0) is 0 Å². The van der Waals surface area contributed by atoms with Gasteiger partial charge in [0.1, 0.15) is 11.6 Å². The number of nitrogens with one attached hydrogen (secondary N) is 1. The molecule has 0 aliphatic heterocycles. The molecule has 18 heavy (non-hydrogen) atoms. The van der Waals surface area contributed by atoms with Gasteiger partial charge in [0.05, 0.1) is 18.7 Å². The molecule has 8 heteroatoms. The van der Waals surface area contributed by atoms with Crippen molar-refractivity contribution in [3.63, 3.8) is 0 Å². The first-order valence-electron chi connectivity index (χ1n) is 4.83. The van der Waals surface area contributed by atoms with Gasteiger partial charge in [-0.3, -0.25) is 0 Å². The largest absolute Gasteiger partial charge is 0.491 e. The zero-order chi connectivity index (χ0) is 13.8. The normalized spacial score (nSPS) is 11.1. The third-order valence-corrected chi connectivity index (χ3v) is 1.84. The Morgan fingerprint density at radius 2 is 2.06 bits per heavy atom. The molecule has 4 nitrogen and oxygen atoms in total. The van der Waals surface area contributed by atoms with Gasteiger partial charge in [-0.1, -0.05) is 0 Å². The Labute approximate surface area is 99.7 Å². The molecule has 3 N–H and O–H groups in total. The fraction of sp³-hybridized carbons (Fsp3) is 0.300. The van der Waals surface area contributed by atoms with Gasteiger partial charge in [-0.15, -0.1) is 0 Å². The molecule has 0 saturated carbocycles. The van der Waals surface area contributed by atoms with Gasteiger partial charge in [-0.2, -0.15) is 13.2 Å². The van der Waals surface area contributed by atoms with Gasteiger partial charge < -0.3 is 15.8 Å². The number of nitrogens with two attached hydrogens (primary N) is 1. The van der Waals surface area contributed by atoms with Crippen molar-refractivity contribution < 1.29 is 27.1 Å². The fourth-order valence-electron chi connectivity index (χ4n) is 1.13. The van der Waals surface area contributed by atoms with Crippen LogP contribution in [0, 0.1) is 5.82 Å². The lowest BCUT2D eigenvalue weighted by Crippen LogP contribution is -2.20. The maximum Gasteiger partial charge on any atom is 0.392 e. The van der Waals surface area contributed by atoms with Crippen LogP contribution in [-0.4, -0.2) is 18.8 Å². The third kappa shape index (κ3) is 4.89. The van der Waals surface area contributed by atoms with Crippen LogP contribution in [0.15, 0.2) is 18.2 Å². The monoisotopic (exact) mass is 266 g/mol. The Balaban J connectivity index is 2.73. The van der Waals surface area contributed by atoms with Crippen molar-refractivity contribution in [3.05, 3.63) is 24.0 Å². The first-order chi connectivity index (χ1) is 8.28. The molecule has 1 aromatic carbocycles. The van der Waals surface area contributed by atoms with Gasteiger partial charge in [0.2, 0.25) is 0 Å². The Hall–Kier alpha value is -1.99. The number of alkyl halides is 3. The second-order valence-corrected chi connectivity index (χ2v) is 3.34. The van der Waals surface area contributed by atoms with E-state index in [1.807, 2.05) is 0 Å². The van der Waals surface area contributed by atoms with E-state index in [0.29, 0.717) is 0 Å². The maximum absolute atomic E-state index is 12.9. The molecular formula is C10H10F4N2O2. The molecule has 1 aromatic rings. The number of benzene rings is 1. The summed E-state index contributed by atoms with van der Waals surface area (Å²) in [6.07, 6.45) is -5.55. The number of hydrogen-bond acceptors (Lipinski definition) is 2. The molecule has 2 amide bonds. The molecule has 0 aliphatic carbocycles. The van der Waals surface area contributed by atoms with E-state index in [4.69, 9.17) is 10.5 Å². The second-order valence-electron chi connectivity index (χ2n) is 3.34. The van der Waals surface area contributed by atoms with Crippen molar-refractivity contribution >= 4 is 11.7 Å². The van der Waals surface area contributed by atoms with E-state index < -0.39 is 31.1 Å². The number of carbonyl (C=O) groups excluding carboxylic acids is 1. The van der Waals surface area contributed by atoms with Crippen molar-refractivity contribution in [2.45, 2.75) is 12.6 Å². The van der Waals surface area contributed by atoms with Crippen LogP contribution in [0.1, 0.15) is 6.42 Å². The van der Waals surface area contributed by atoms with Gasteiger partial charge in [0.25, 0.3) is 0 Å². The van der Waals surface area contributed by atoms with Gasteiger partial charge in [-0.25, -0.2) is 9.18 Å². The van der Waals surface area contributed by atoms with Crippen LogP contribution in [0.4, 0.5) is 28.0 Å². The van der Waals surface area contributed by atoms with Crippen molar-refractivity contribution in [2.24, 2.45) is 5.73 Å². The second kappa shape index (κ2) is 5.56. The van der Waals surface area contributed by atoms with Crippen LogP contribution in [0.5, 0.6) is 5.75 Å². The summed E-state index contributed by atoms with van der Waals surface area (Å²) in [5, 5.41) is 2.11. The summed E-state index contributed by atoms with van der Waals surface area (Å²) in [7, 11) is 0. The minimum Gasteiger partial charge on any atom is -0.491 e. The molecular weight excluding hydrogens is 256 g/mol. The van der Waals surface area contributed by atoms with E-state index >= 15 is 0 Å². The Kier molecular flexibility index (Phi) is 4.35. The molecule has 0 fully saturated rings. The first-order valence-corrected chi connectivity index (χ1v) is 4.83. The van der Waals surface area contributed by atoms with Crippen LogP contribution in [0.25, 0.3) is 0 Å². The molecule has 0 heterocycles. The Morgan fingerprint density at radius 3 is 2.61 bits per heavy atom. The molecule has 1 rings (SSSR count). The van der Waals surface area contributed by atoms with Gasteiger partial charge >= 0.3 is 12.2 Å². The van der Waals surface area contributed by atoms with E-state index in [0.717, 1.165) is 18.2 Å². The fourth-order valence-corrected chi connectivity index (χ4v) is 1.13. The van der Waals surface area contributed by atoms with Crippen LogP contribution in [0.2, 0.25) is 0 Å². The standard InChI is InChI=1S/C10H10F4N2O2/c11-6-1-2-7(16-9(15)17)8(5-6)18-4-3-10(12,13)14/h1-2,5H,3-4H2,(H3,15,16,17). The number of carbonyl (C=O) groups is 1. The minimum atomic E-state index is -4.37. The summed E-state index contributed by atoms with van der Waals surface area (Å²) >= 11 is 0. The summed E-state index contributed by atoms with van der Waals surface area (Å²) in [6, 6.07) is 2.09. The molecule has 0 aromatic heterocycles. The number of urea groups is 1. The Morgan fingerprint density at radius 1 is 1.39 bits per heavy atom. The van der Waals surface area contributed by atoms with E-state index in [1.54, 1.807) is 0 Å². The predicted octanol–water partition coefficient (Wildman–Crippen LogP) is 2.65. The quantitative estimate of drug-likeness (QED) is 0.823. The lowest BCUT2D eigenvalue weighted by molar-refractivity contribution is -0.139. The average molecular weight is 266 g/mol. The molecule has 0 saturated heterocycles. The van der Waals surface area contributed by atoms with Crippen LogP contribution < -0.4 is 15.8 Å². The third-order valence-electron chi connectivity index (χ3n) is 1.84. The van der Waals surface area contributed by atoms with E-state index in [-0.39, 0.29) is 11.4 Å². The van der Waals surface area contributed by atoms with Crippen LogP contribution in [0.3, 0.4) is 0 Å². The number of ether oxygens (including phenoxy) is 1. The summed E-state index contributed by atoms with van der Waals surface area (Å²) in [5.41, 5.74) is 4.86. The van der Waals surface area contributed by atoms with E-state index in [2.05, 4.69) is 5.32 Å². The number of rotatable bonds is 4. The Bertz CT molecular complexity index is 434. The number of anilines is 1. The topological polar surface area (TPSA) is 64.4 Å². The molecule has 0 bridgehead atoms. The van der Waals surface area contributed by atoms with E-state index in [9.17, 15) is 22.4 Å². The molecule has 0 aliphatic rings. The van der Waals surface area contributed by atoms with Gasteiger partial charge in [-0.05, 0) is 12.1 Å². The highest BCUT2D eigenvalue weighted by molar-refractivity contribution is 5.89. The predicted molar refractivity (Wildman–Crippen MR) is 55.8 cm³/mol. The molecule has 100 valence electrons. The molecule has 0 radical (unpaired) electrons. The lowest BCUT2D eigenvalue weighted by atomic mass is 10.3. The first kappa shape index (κ1) is 14.1. The summed E-state index contributed by atoms with van der Waals surface area (Å²) in [5.74, 6) is -0.912. The smallest absolute Gasteiger partial charge is 0.392 e. The molecule has 0 spiro atoms. The van der Waals surface area contributed by atoms with Crippen LogP contribution >= 0.6 is 0 Å². The SMILES string of the molecule is NC(=O)Nc1ccc(F)cc1OCCC(F)(F)F. The highest BCUT2D eigenvalue weighted by Crippen LogP contribution is 2.27. The molecule has 0 atom stereocenters. The lowest BCUT2D eigenvalue weighted by Gasteiger charge is -2.12. The van der Waals surface area contributed by atoms with Crippen molar-refractivity contribution in [3.8, 4) is 5.75 Å². The summed E-state index contributed by atoms with van der Waals surface area (Å²) in [6.45, 7) is -0.680. The number of primary amides is 1. The average Bonchev–Trinajstić information content (AvgIpc) is 2.19. The van der Waals surface area contributed by atoms with Crippen molar-refractivity contribution in [1.82, 2.24) is 0 Å². The number of amides is 2. The van der Waals surface area contributed by atoms with Crippen molar-refractivity contribution in [1.29, 1.82) is 0 Å². The minimum absolute atomic E-state index is 0.00562. The van der Waals surface area contributed by atoms with Gasteiger partial charge in [0.15, 0.2) is 0 Å². The number of hydrogen-bond donors (Lipinski definition) is 2. The van der Waals surface area contributed by atoms with Crippen molar-refractivity contribution in [2.75, 3.05) is 11.9 Å². The maximum atomic E-state index is 12.9. The zero-order valence-corrected chi connectivity index (χ0v) is 9.05. The number of halogens is 4. The summed E-state index contributed by atoms with van der Waals surface area (Å²) < 4.78 is 53.4.